The van der Waals surface area contributed by atoms with E-state index in [0.717, 1.165) is 0 Å². The molecule has 0 bridgehead atoms. The molecule has 0 saturated carbocycles. The molecule has 4 aromatic rings. The van der Waals surface area contributed by atoms with Crippen molar-refractivity contribution in [1.82, 2.24) is 57.8 Å². The van der Waals surface area contributed by atoms with Crippen LogP contribution in [-0.2, 0) is 78.4 Å². The number of amides is 9. The van der Waals surface area contributed by atoms with E-state index in [0.29, 0.717) is 28.1 Å². The third-order valence-corrected chi connectivity index (χ3v) is 13.2. The molecular weight excluding hydrogens is 1100 g/mol. The number of carbonyl (C=O) groups excluding carboxylic acids is 9. The number of carboxylic acid groups (broad SMARTS) is 2. The number of carbonyl (C=O) groups is 11. The van der Waals surface area contributed by atoms with Crippen molar-refractivity contribution in [2.75, 3.05) is 25.2 Å². The Morgan fingerprint density at radius 2 is 0.988 bits per heavy atom. The summed E-state index contributed by atoms with van der Waals surface area (Å²) in [7, 11) is 0. The number of aliphatic hydroxyl groups excluding tert-OH is 2. The fourth-order valence-electron chi connectivity index (χ4n) is 8.01. The van der Waals surface area contributed by atoms with E-state index in [9.17, 15) is 78.3 Å². The molecule has 0 aliphatic carbocycles. The summed E-state index contributed by atoms with van der Waals surface area (Å²) in [5.41, 5.74) is 7.23. The number of phenolic OH excluding ortho intramolecular Hbond substituents is 1. The van der Waals surface area contributed by atoms with Crippen molar-refractivity contribution in [3.63, 3.8) is 0 Å². The average Bonchev–Trinajstić information content (AvgIpc) is 3.98. The lowest BCUT2D eigenvalue weighted by Crippen LogP contribution is -2.62. The van der Waals surface area contributed by atoms with Gasteiger partial charge in [0, 0.05) is 37.6 Å². The number of nitrogens with two attached hydrogens (primary N) is 1. The monoisotopic (exact) mass is 1170 g/mol. The Bertz CT molecular complexity index is 2830. The summed E-state index contributed by atoms with van der Waals surface area (Å²) in [5.74, 6) is -12.0. The fraction of sp³-hybridized carbons (Fsp3) is 0.407. The number of aromatic nitrogens is 2. The topological polar surface area (TPSA) is 452 Å². The summed E-state index contributed by atoms with van der Waals surface area (Å²) < 4.78 is 0. The maximum atomic E-state index is 14.4. The van der Waals surface area contributed by atoms with Crippen LogP contribution in [0.5, 0.6) is 5.75 Å². The molecule has 1 aromatic heterocycles. The van der Waals surface area contributed by atoms with Crippen LogP contribution >= 0.6 is 11.8 Å². The Balaban J connectivity index is 1.59. The van der Waals surface area contributed by atoms with Gasteiger partial charge in [-0.2, -0.15) is 11.8 Å². The highest BCUT2D eigenvalue weighted by Gasteiger charge is 2.37. The van der Waals surface area contributed by atoms with Gasteiger partial charge in [-0.25, -0.2) is 4.98 Å². The van der Waals surface area contributed by atoms with Crippen molar-refractivity contribution in [3.8, 4) is 5.75 Å². The standard InChI is InChI=1S/C54H70N12O16S/c1-29(54(81)82)58-46(73)36(18-19-83-3)60-49(76)40(23-34-26-56-28-57-34)62-47(74)38(22-33-14-16-35(69)17-15-33)61-50(77)41(24-44(71)72)63-52(79)42(27-67)65-48(75)39(21-32-12-8-5-9-13-32)64-53(80)45(30(2)68)66-51(78)37(59-43(70)25-55)20-31-10-6-4-7-11-31/h4-17,26,28-30,36-42,45,67-69H,18-25,27,55H2,1-3H3,(H,56,57)(H,58,73)(H,59,70)(H,60,76)(H,61,77)(H,62,74)(H,63,79)(H,64,80)(H,65,75)(H,66,78)(H,71,72)(H,81,82)/t29-,30+,36-,37-,38-,39-,40-,41-,42-,45-/m0/s1. The predicted octanol–water partition coefficient (Wildman–Crippen LogP) is -3.59. The quantitative estimate of drug-likeness (QED) is 0.0215. The summed E-state index contributed by atoms with van der Waals surface area (Å²) in [6, 6.07) is 7.56. The number of aliphatic hydroxyl groups is 2. The number of benzene rings is 3. The van der Waals surface area contributed by atoms with Gasteiger partial charge in [-0.05, 0) is 61.1 Å². The van der Waals surface area contributed by atoms with Gasteiger partial charge in [0.05, 0.1) is 32.0 Å². The molecule has 0 spiro atoms. The number of aromatic amines is 1. The molecule has 0 unspecified atom stereocenters. The lowest BCUT2D eigenvalue weighted by Gasteiger charge is -2.28. The number of imidazole rings is 1. The second-order valence-corrected chi connectivity index (χ2v) is 20.1. The van der Waals surface area contributed by atoms with E-state index in [-0.39, 0.29) is 37.9 Å². The van der Waals surface area contributed by atoms with Crippen LogP contribution in [0.1, 0.15) is 49.1 Å². The number of hydrogen-bond acceptors (Lipinski definition) is 17. The van der Waals surface area contributed by atoms with Crippen LogP contribution in [-0.4, -0.2) is 186 Å². The van der Waals surface area contributed by atoms with Gasteiger partial charge in [0.1, 0.15) is 60.1 Å². The Morgan fingerprint density at radius 3 is 1.46 bits per heavy atom. The highest BCUT2D eigenvalue weighted by atomic mass is 32.2. The van der Waals surface area contributed by atoms with Crippen molar-refractivity contribution in [3.05, 3.63) is 120 Å². The lowest BCUT2D eigenvalue weighted by atomic mass is 10.0. The first-order valence-electron chi connectivity index (χ1n) is 26.0. The third kappa shape index (κ3) is 22.5. The largest absolute Gasteiger partial charge is 0.508 e. The number of aromatic hydroxyl groups is 1. The van der Waals surface area contributed by atoms with Crippen molar-refractivity contribution in [2.24, 2.45) is 5.73 Å². The molecule has 17 N–H and O–H groups in total. The van der Waals surface area contributed by atoms with E-state index in [4.69, 9.17) is 5.73 Å². The van der Waals surface area contributed by atoms with Crippen LogP contribution < -0.4 is 53.6 Å². The van der Waals surface area contributed by atoms with E-state index in [1.54, 1.807) is 66.9 Å². The zero-order chi connectivity index (χ0) is 61.2. The number of nitrogens with one attached hydrogen (secondary N) is 10. The number of phenols is 1. The number of nitrogens with zero attached hydrogens (tertiary/aromatic N) is 1. The van der Waals surface area contributed by atoms with Gasteiger partial charge in [-0.3, -0.25) is 52.7 Å². The van der Waals surface area contributed by atoms with Crippen LogP contribution in [0.2, 0.25) is 0 Å². The van der Waals surface area contributed by atoms with Gasteiger partial charge < -0.3 is 84.1 Å². The molecule has 28 nitrogen and oxygen atoms in total. The summed E-state index contributed by atoms with van der Waals surface area (Å²) >= 11 is 1.33. The molecule has 4 rings (SSSR count). The number of hydrogen-bond donors (Lipinski definition) is 16. The number of thioether (sulfide) groups is 1. The molecule has 1 heterocycles. The first kappa shape index (κ1) is 66.6. The van der Waals surface area contributed by atoms with Crippen LogP contribution in [0, 0.1) is 0 Å². The Kier molecular flexibility index (Phi) is 27.1. The van der Waals surface area contributed by atoms with Gasteiger partial charge in [-0.15, -0.1) is 0 Å². The number of rotatable bonds is 34. The molecule has 83 heavy (non-hydrogen) atoms. The second-order valence-electron chi connectivity index (χ2n) is 19.1. The minimum atomic E-state index is -2.04. The minimum Gasteiger partial charge on any atom is -0.508 e. The van der Waals surface area contributed by atoms with E-state index >= 15 is 0 Å². The van der Waals surface area contributed by atoms with Crippen molar-refractivity contribution in [2.45, 2.75) is 113 Å². The van der Waals surface area contributed by atoms with Crippen molar-refractivity contribution < 1.29 is 78.3 Å². The van der Waals surface area contributed by atoms with E-state index in [2.05, 4.69) is 57.8 Å². The molecule has 0 aliphatic rings. The Hall–Kier alpha value is -8.93. The third-order valence-electron chi connectivity index (χ3n) is 12.5. The summed E-state index contributed by atoms with van der Waals surface area (Å²) in [6.45, 7) is 0.764. The molecular formula is C54H70N12O16S. The summed E-state index contributed by atoms with van der Waals surface area (Å²) in [5, 5.41) is 72.2. The molecule has 29 heteroatoms. The zero-order valence-electron chi connectivity index (χ0n) is 45.5. The van der Waals surface area contributed by atoms with Gasteiger partial charge in [0.25, 0.3) is 0 Å². The highest BCUT2D eigenvalue weighted by Crippen LogP contribution is 2.14. The smallest absolute Gasteiger partial charge is 0.325 e. The highest BCUT2D eigenvalue weighted by molar-refractivity contribution is 7.98. The molecule has 0 fully saturated rings. The maximum Gasteiger partial charge on any atom is 0.325 e. The van der Waals surface area contributed by atoms with E-state index < -0.39 is 145 Å². The van der Waals surface area contributed by atoms with Crippen LogP contribution in [0.25, 0.3) is 0 Å². The number of carboxylic acids is 2. The summed E-state index contributed by atoms with van der Waals surface area (Å²) in [4.78, 5) is 155. The number of H-pyrrole nitrogens is 1. The maximum absolute atomic E-state index is 14.4. The van der Waals surface area contributed by atoms with Gasteiger partial charge in [0.15, 0.2) is 0 Å². The number of aliphatic carboxylic acids is 2. The molecule has 10 atom stereocenters. The average molecular weight is 1180 g/mol. The molecule has 0 saturated heterocycles. The molecule has 0 aliphatic heterocycles. The first-order chi connectivity index (χ1) is 39.5. The minimum absolute atomic E-state index is 0.0415. The molecule has 0 radical (unpaired) electrons. The van der Waals surface area contributed by atoms with Gasteiger partial charge in [0.2, 0.25) is 53.2 Å². The normalized spacial score (nSPS) is 14.6. The Labute approximate surface area is 480 Å². The molecule has 9 amide bonds. The predicted molar refractivity (Wildman–Crippen MR) is 298 cm³/mol. The van der Waals surface area contributed by atoms with Crippen molar-refractivity contribution >= 4 is 76.9 Å². The van der Waals surface area contributed by atoms with Crippen LogP contribution in [0.15, 0.2) is 97.5 Å². The Morgan fingerprint density at radius 1 is 0.554 bits per heavy atom. The van der Waals surface area contributed by atoms with Crippen LogP contribution in [0.4, 0.5) is 0 Å². The van der Waals surface area contributed by atoms with E-state index in [1.807, 2.05) is 0 Å². The van der Waals surface area contributed by atoms with Crippen LogP contribution in [0.3, 0.4) is 0 Å². The summed E-state index contributed by atoms with van der Waals surface area (Å²) in [6.07, 6.45) is 0.719. The van der Waals surface area contributed by atoms with Crippen molar-refractivity contribution in [1.29, 1.82) is 0 Å². The first-order valence-corrected chi connectivity index (χ1v) is 27.4. The van der Waals surface area contributed by atoms with Gasteiger partial charge >= 0.3 is 11.9 Å². The molecule has 3 aromatic carbocycles. The zero-order valence-corrected chi connectivity index (χ0v) is 46.4. The lowest BCUT2D eigenvalue weighted by molar-refractivity contribution is -0.142. The van der Waals surface area contributed by atoms with Gasteiger partial charge in [-0.1, -0.05) is 72.8 Å². The second kappa shape index (κ2) is 33.7. The SMILES string of the molecule is CSCC[C@H](NC(=O)[C@H](Cc1cnc[nH]1)NC(=O)[C@H](Cc1ccc(O)cc1)NC(=O)[C@H](CC(=O)O)NC(=O)[C@H](CO)NC(=O)[C@H](Cc1ccccc1)NC(=O)[C@@H](NC(=O)[C@H](Cc1ccccc1)NC(=O)CN)[C@@H](C)O)C(=O)N[C@@H](C)C(=O)O. The van der Waals surface area contributed by atoms with E-state index in [1.165, 1.54) is 62.4 Å². The molecule has 448 valence electrons. The fourth-order valence-corrected chi connectivity index (χ4v) is 8.49.